The van der Waals surface area contributed by atoms with Crippen LogP contribution in [0.3, 0.4) is 0 Å². The fourth-order valence-electron chi connectivity index (χ4n) is 2.78. The van der Waals surface area contributed by atoms with Crippen molar-refractivity contribution in [3.05, 3.63) is 60.7 Å². The number of hydrogen-bond acceptors (Lipinski definition) is 2. The first-order chi connectivity index (χ1) is 12.6. The van der Waals surface area contributed by atoms with E-state index < -0.39 is 12.2 Å². The maximum absolute atomic E-state index is 11.4. The van der Waals surface area contributed by atoms with Crippen LogP contribution in [0.5, 0.6) is 0 Å². The predicted octanol–water partition coefficient (Wildman–Crippen LogP) is 4.92. The maximum Gasteiger partial charge on any atom is 0.411 e. The summed E-state index contributed by atoms with van der Waals surface area (Å²) in [4.78, 5) is 25.5. The molecule has 138 valence electrons. The second kappa shape index (κ2) is 10.1. The van der Waals surface area contributed by atoms with Crippen LogP contribution in [0.1, 0.15) is 25.7 Å². The molecule has 0 aliphatic heterocycles. The summed E-state index contributed by atoms with van der Waals surface area (Å²) >= 11 is 0. The fraction of sp³-hybridized carbons (Fsp3) is 0.300. The number of benzene rings is 2. The molecule has 0 bridgehead atoms. The van der Waals surface area contributed by atoms with E-state index in [2.05, 4.69) is 0 Å². The van der Waals surface area contributed by atoms with Crippen molar-refractivity contribution < 1.29 is 19.8 Å². The van der Waals surface area contributed by atoms with Gasteiger partial charge < -0.3 is 10.2 Å². The summed E-state index contributed by atoms with van der Waals surface area (Å²) in [7, 11) is 0. The third-order valence-electron chi connectivity index (χ3n) is 4.11. The highest BCUT2D eigenvalue weighted by molar-refractivity contribution is 5.86. The number of carboxylic acid groups (broad SMARTS) is 2. The van der Waals surface area contributed by atoms with E-state index in [4.69, 9.17) is 0 Å². The van der Waals surface area contributed by atoms with Crippen LogP contribution in [0, 0.1) is 0 Å². The molecule has 0 spiro atoms. The van der Waals surface area contributed by atoms with E-state index in [0.717, 1.165) is 25.7 Å². The smallest absolute Gasteiger partial charge is 0.411 e. The largest absolute Gasteiger partial charge is 0.465 e. The molecule has 0 heterocycles. The lowest BCUT2D eigenvalue weighted by Gasteiger charge is -2.20. The van der Waals surface area contributed by atoms with E-state index >= 15 is 0 Å². The van der Waals surface area contributed by atoms with Gasteiger partial charge in [-0.3, -0.25) is 9.80 Å². The van der Waals surface area contributed by atoms with Gasteiger partial charge in [0.05, 0.1) is 0 Å². The van der Waals surface area contributed by atoms with E-state index in [1.165, 1.54) is 9.80 Å². The lowest BCUT2D eigenvalue weighted by atomic mass is 10.1. The van der Waals surface area contributed by atoms with Crippen LogP contribution < -0.4 is 9.80 Å². The Morgan fingerprint density at radius 2 is 0.962 bits per heavy atom. The van der Waals surface area contributed by atoms with Gasteiger partial charge in [0.25, 0.3) is 0 Å². The molecular weight excluding hydrogens is 332 g/mol. The van der Waals surface area contributed by atoms with Gasteiger partial charge in [-0.25, -0.2) is 9.59 Å². The quantitative estimate of drug-likeness (QED) is 0.625. The van der Waals surface area contributed by atoms with Gasteiger partial charge >= 0.3 is 12.2 Å². The molecule has 0 aliphatic rings. The number of carbonyl (C=O) groups is 2. The molecule has 0 saturated carbocycles. The van der Waals surface area contributed by atoms with Crippen molar-refractivity contribution in [2.24, 2.45) is 0 Å². The number of anilines is 2. The van der Waals surface area contributed by atoms with E-state index in [0.29, 0.717) is 24.5 Å². The van der Waals surface area contributed by atoms with E-state index in [1.807, 2.05) is 36.4 Å². The van der Waals surface area contributed by atoms with Crippen LogP contribution in [-0.4, -0.2) is 35.5 Å². The summed E-state index contributed by atoms with van der Waals surface area (Å²) in [6.07, 6.45) is 1.24. The first-order valence-electron chi connectivity index (χ1n) is 8.70. The molecule has 0 atom stereocenters. The number of rotatable bonds is 9. The Labute approximate surface area is 153 Å². The molecule has 0 aromatic heterocycles. The maximum atomic E-state index is 11.4. The highest BCUT2D eigenvalue weighted by atomic mass is 16.4. The number of amides is 2. The molecule has 2 rings (SSSR count). The summed E-state index contributed by atoms with van der Waals surface area (Å²) in [6.45, 7) is 0.862. The van der Waals surface area contributed by atoms with Gasteiger partial charge in [0, 0.05) is 24.5 Å². The van der Waals surface area contributed by atoms with Crippen molar-refractivity contribution in [3.8, 4) is 0 Å². The SMILES string of the molecule is O=C(O)N(CCCCCCN(C(=O)O)c1ccccc1)c1ccccc1. The first kappa shape index (κ1) is 19.3. The molecule has 2 aromatic rings. The number of unbranched alkanes of at least 4 members (excludes halogenated alkanes) is 3. The van der Waals surface area contributed by atoms with E-state index in [9.17, 15) is 19.8 Å². The molecule has 0 saturated heterocycles. The topological polar surface area (TPSA) is 81.1 Å². The highest BCUT2D eigenvalue weighted by Crippen LogP contribution is 2.17. The third kappa shape index (κ3) is 5.81. The van der Waals surface area contributed by atoms with Crippen molar-refractivity contribution in [2.75, 3.05) is 22.9 Å². The highest BCUT2D eigenvalue weighted by Gasteiger charge is 2.14. The van der Waals surface area contributed by atoms with Crippen molar-refractivity contribution in [1.29, 1.82) is 0 Å². The minimum atomic E-state index is -0.961. The van der Waals surface area contributed by atoms with Gasteiger partial charge in [-0.05, 0) is 37.1 Å². The third-order valence-corrected chi connectivity index (χ3v) is 4.11. The van der Waals surface area contributed by atoms with Crippen molar-refractivity contribution >= 4 is 23.6 Å². The number of nitrogens with zero attached hydrogens (tertiary/aromatic N) is 2. The lowest BCUT2D eigenvalue weighted by molar-refractivity contribution is 0.200. The van der Waals surface area contributed by atoms with Gasteiger partial charge in [0.2, 0.25) is 0 Å². The molecule has 0 unspecified atom stereocenters. The zero-order valence-corrected chi connectivity index (χ0v) is 14.6. The molecule has 26 heavy (non-hydrogen) atoms. The summed E-state index contributed by atoms with van der Waals surface area (Å²) in [5, 5.41) is 18.7. The number of hydrogen-bond donors (Lipinski definition) is 2. The molecule has 0 radical (unpaired) electrons. The zero-order chi connectivity index (χ0) is 18.8. The Kier molecular flexibility index (Phi) is 7.49. The molecule has 2 amide bonds. The second-order valence-corrected chi connectivity index (χ2v) is 5.95. The first-order valence-corrected chi connectivity index (χ1v) is 8.70. The molecule has 2 N–H and O–H groups in total. The van der Waals surface area contributed by atoms with Gasteiger partial charge in [0.15, 0.2) is 0 Å². The summed E-state index contributed by atoms with van der Waals surface area (Å²) in [6, 6.07) is 18.1. The zero-order valence-electron chi connectivity index (χ0n) is 14.6. The Hall–Kier alpha value is -3.02. The minimum Gasteiger partial charge on any atom is -0.465 e. The Bertz CT molecular complexity index is 630. The molecular formula is C20H24N2O4. The van der Waals surface area contributed by atoms with Crippen molar-refractivity contribution in [2.45, 2.75) is 25.7 Å². The monoisotopic (exact) mass is 356 g/mol. The summed E-state index contributed by atoms with van der Waals surface area (Å²) in [5.74, 6) is 0. The Balaban J connectivity index is 1.74. The fourth-order valence-corrected chi connectivity index (χ4v) is 2.78. The van der Waals surface area contributed by atoms with Crippen molar-refractivity contribution in [1.82, 2.24) is 0 Å². The molecule has 0 aliphatic carbocycles. The average molecular weight is 356 g/mol. The molecule has 6 heteroatoms. The van der Waals surface area contributed by atoms with Crippen LogP contribution in [0.2, 0.25) is 0 Å². The standard InChI is InChI=1S/C20H24N2O4/c23-19(24)21(17-11-5-3-6-12-17)15-9-1-2-10-16-22(20(25)26)18-13-7-4-8-14-18/h3-8,11-14H,1-2,9-10,15-16H2,(H,23,24)(H,25,26). The van der Waals surface area contributed by atoms with Crippen LogP contribution in [0.4, 0.5) is 21.0 Å². The van der Waals surface area contributed by atoms with Gasteiger partial charge in [-0.2, -0.15) is 0 Å². The summed E-state index contributed by atoms with van der Waals surface area (Å²) in [5.41, 5.74) is 1.34. The summed E-state index contributed by atoms with van der Waals surface area (Å²) < 4.78 is 0. The normalized spacial score (nSPS) is 10.3. The lowest BCUT2D eigenvalue weighted by Crippen LogP contribution is -2.30. The molecule has 6 nitrogen and oxygen atoms in total. The van der Waals surface area contributed by atoms with Crippen LogP contribution >= 0.6 is 0 Å². The van der Waals surface area contributed by atoms with Gasteiger partial charge in [-0.15, -0.1) is 0 Å². The predicted molar refractivity (Wildman–Crippen MR) is 102 cm³/mol. The van der Waals surface area contributed by atoms with Crippen LogP contribution in [0.15, 0.2) is 60.7 Å². The van der Waals surface area contributed by atoms with Crippen molar-refractivity contribution in [3.63, 3.8) is 0 Å². The van der Waals surface area contributed by atoms with E-state index in [-0.39, 0.29) is 0 Å². The van der Waals surface area contributed by atoms with Crippen LogP contribution in [0.25, 0.3) is 0 Å². The average Bonchev–Trinajstić information content (AvgIpc) is 2.65. The molecule has 2 aromatic carbocycles. The van der Waals surface area contributed by atoms with Gasteiger partial charge in [-0.1, -0.05) is 49.2 Å². The second-order valence-electron chi connectivity index (χ2n) is 5.95. The van der Waals surface area contributed by atoms with E-state index in [1.54, 1.807) is 24.3 Å². The van der Waals surface area contributed by atoms with Gasteiger partial charge in [0.1, 0.15) is 0 Å². The minimum absolute atomic E-state index is 0.431. The van der Waals surface area contributed by atoms with Crippen LogP contribution in [-0.2, 0) is 0 Å². The number of para-hydroxylation sites is 2. The Morgan fingerprint density at radius 1 is 0.615 bits per heavy atom. The Morgan fingerprint density at radius 3 is 1.27 bits per heavy atom. The molecule has 0 fully saturated rings.